The molecule has 1 aliphatic rings. The third-order valence-corrected chi connectivity index (χ3v) is 5.60. The maximum atomic E-state index is 5.54. The minimum absolute atomic E-state index is 0.266. The van der Waals surface area contributed by atoms with Gasteiger partial charge in [-0.25, -0.2) is 4.98 Å². The number of rotatable bonds is 8. The van der Waals surface area contributed by atoms with E-state index < -0.39 is 0 Å². The predicted molar refractivity (Wildman–Crippen MR) is 116 cm³/mol. The van der Waals surface area contributed by atoms with Crippen LogP contribution in [0.2, 0.25) is 0 Å². The van der Waals surface area contributed by atoms with Crippen LogP contribution in [0.25, 0.3) is 0 Å². The van der Waals surface area contributed by atoms with Crippen LogP contribution in [0.5, 0.6) is 0 Å². The molecule has 2 N–H and O–H groups in total. The fraction of sp³-hybridized carbons (Fsp3) is 0.524. The lowest BCUT2D eigenvalue weighted by atomic mass is 10.1. The van der Waals surface area contributed by atoms with E-state index in [4.69, 9.17) is 9.73 Å². The molecule has 0 spiro atoms. The van der Waals surface area contributed by atoms with E-state index in [2.05, 4.69) is 63.2 Å². The monoisotopic (exact) mass is 401 g/mol. The van der Waals surface area contributed by atoms with Gasteiger partial charge in [0.05, 0.1) is 36.5 Å². The summed E-state index contributed by atoms with van der Waals surface area (Å²) in [6.45, 7) is 9.99. The Morgan fingerprint density at radius 1 is 1.25 bits per heavy atom. The van der Waals surface area contributed by atoms with Crippen molar-refractivity contribution in [2.24, 2.45) is 4.99 Å². The summed E-state index contributed by atoms with van der Waals surface area (Å²) in [7, 11) is 0. The highest BCUT2D eigenvalue weighted by Crippen LogP contribution is 2.22. The van der Waals surface area contributed by atoms with E-state index in [1.165, 1.54) is 5.56 Å². The van der Waals surface area contributed by atoms with E-state index in [0.29, 0.717) is 0 Å². The molecule has 2 aromatic rings. The molecule has 152 valence electrons. The summed E-state index contributed by atoms with van der Waals surface area (Å²) in [6.07, 6.45) is 0.903. The van der Waals surface area contributed by atoms with Crippen LogP contribution in [0.4, 0.5) is 0 Å². The van der Waals surface area contributed by atoms with E-state index in [-0.39, 0.29) is 6.04 Å². The van der Waals surface area contributed by atoms with Crippen molar-refractivity contribution in [2.45, 2.75) is 26.3 Å². The minimum Gasteiger partial charge on any atom is -0.379 e. The third-order valence-electron chi connectivity index (χ3n) is 4.78. The van der Waals surface area contributed by atoms with E-state index >= 15 is 0 Å². The largest absolute Gasteiger partial charge is 0.379 e. The zero-order chi connectivity index (χ0) is 19.6. The number of aliphatic imine (C=N–C) groups is 1. The van der Waals surface area contributed by atoms with Gasteiger partial charge in [0, 0.05) is 38.0 Å². The van der Waals surface area contributed by atoms with Crippen LogP contribution in [0, 0.1) is 6.92 Å². The minimum atomic E-state index is 0.266. The number of nitrogens with one attached hydrogen (secondary N) is 2. The van der Waals surface area contributed by atoms with Gasteiger partial charge in [0.2, 0.25) is 0 Å². The van der Waals surface area contributed by atoms with Crippen molar-refractivity contribution >= 4 is 17.3 Å². The summed E-state index contributed by atoms with van der Waals surface area (Å²) in [5, 5.41) is 10.1. The predicted octanol–water partition coefficient (Wildman–Crippen LogP) is 2.62. The molecule has 1 aromatic carbocycles. The number of nitrogens with zero attached hydrogens (tertiary/aromatic N) is 3. The first-order chi connectivity index (χ1) is 13.8. The second-order valence-electron chi connectivity index (χ2n) is 6.83. The number of ether oxygens (including phenoxy) is 1. The summed E-state index contributed by atoms with van der Waals surface area (Å²) in [6, 6.07) is 10.9. The molecule has 0 saturated carbocycles. The Morgan fingerprint density at radius 3 is 2.71 bits per heavy atom. The van der Waals surface area contributed by atoms with Gasteiger partial charge in [-0.15, -0.1) is 11.3 Å². The van der Waals surface area contributed by atoms with E-state index in [0.717, 1.165) is 69.0 Å². The van der Waals surface area contributed by atoms with Gasteiger partial charge in [-0.05, 0) is 19.4 Å². The van der Waals surface area contributed by atoms with Crippen molar-refractivity contribution in [3.63, 3.8) is 0 Å². The smallest absolute Gasteiger partial charge is 0.191 e. The number of guanidine groups is 1. The van der Waals surface area contributed by atoms with Crippen LogP contribution in [-0.2, 0) is 11.2 Å². The first-order valence-corrected chi connectivity index (χ1v) is 10.9. The number of hydrogen-bond acceptors (Lipinski definition) is 5. The van der Waals surface area contributed by atoms with Crippen LogP contribution in [-0.4, -0.2) is 61.8 Å². The highest BCUT2D eigenvalue weighted by Gasteiger charge is 2.22. The second kappa shape index (κ2) is 11.1. The highest BCUT2D eigenvalue weighted by atomic mass is 32.1. The van der Waals surface area contributed by atoms with Crippen molar-refractivity contribution in [1.29, 1.82) is 0 Å². The van der Waals surface area contributed by atoms with Crippen molar-refractivity contribution in [3.05, 3.63) is 52.0 Å². The van der Waals surface area contributed by atoms with Crippen LogP contribution in [0.3, 0.4) is 0 Å². The Balaban J connectivity index is 1.63. The van der Waals surface area contributed by atoms with Crippen molar-refractivity contribution in [3.8, 4) is 0 Å². The van der Waals surface area contributed by atoms with Gasteiger partial charge >= 0.3 is 0 Å². The molecule has 1 atom stereocenters. The maximum absolute atomic E-state index is 5.54. The van der Waals surface area contributed by atoms with Crippen molar-refractivity contribution < 1.29 is 4.74 Å². The molecule has 0 aliphatic carbocycles. The van der Waals surface area contributed by atoms with Gasteiger partial charge in [0.1, 0.15) is 0 Å². The van der Waals surface area contributed by atoms with Crippen molar-refractivity contribution in [2.75, 3.05) is 45.9 Å². The topological polar surface area (TPSA) is 61.8 Å². The summed E-state index contributed by atoms with van der Waals surface area (Å²) < 4.78 is 5.54. The number of benzene rings is 1. The number of thiazole rings is 1. The first-order valence-electron chi connectivity index (χ1n) is 10.1. The van der Waals surface area contributed by atoms with Gasteiger partial charge < -0.3 is 15.4 Å². The lowest BCUT2D eigenvalue weighted by molar-refractivity contribution is 0.0180. The molecule has 28 heavy (non-hydrogen) atoms. The molecule has 1 saturated heterocycles. The summed E-state index contributed by atoms with van der Waals surface area (Å²) >= 11 is 1.70. The standard InChI is InChI=1S/C21H31N5OS/c1-3-22-21(23-10-9-19-16-28-17(2)25-19)24-15-20(18-7-5-4-6-8-18)26-11-13-27-14-12-26/h4-8,16,20H,3,9-15H2,1-2H3,(H2,22,23,24). The van der Waals surface area contributed by atoms with Crippen LogP contribution in [0.1, 0.15) is 29.2 Å². The third kappa shape index (κ3) is 6.29. The normalized spacial score (nSPS) is 16.7. The van der Waals surface area contributed by atoms with E-state index in [1.807, 2.05) is 6.92 Å². The van der Waals surface area contributed by atoms with Crippen LogP contribution in [0.15, 0.2) is 40.7 Å². The highest BCUT2D eigenvalue weighted by molar-refractivity contribution is 7.09. The summed E-state index contributed by atoms with van der Waals surface area (Å²) in [4.78, 5) is 11.9. The maximum Gasteiger partial charge on any atom is 0.191 e. The van der Waals surface area contributed by atoms with Gasteiger partial charge in [0.15, 0.2) is 5.96 Å². The Kier molecular flexibility index (Phi) is 8.26. The number of aromatic nitrogens is 1. The molecule has 0 bridgehead atoms. The first kappa shape index (κ1) is 20.8. The van der Waals surface area contributed by atoms with Gasteiger partial charge in [-0.3, -0.25) is 9.89 Å². The average molecular weight is 402 g/mol. The molecule has 0 radical (unpaired) electrons. The van der Waals surface area contributed by atoms with Gasteiger partial charge in [-0.2, -0.15) is 0 Å². The molecule has 6 nitrogen and oxygen atoms in total. The lowest BCUT2D eigenvalue weighted by Gasteiger charge is -2.34. The molecule has 7 heteroatoms. The van der Waals surface area contributed by atoms with Crippen LogP contribution >= 0.6 is 11.3 Å². The zero-order valence-corrected chi connectivity index (χ0v) is 17.7. The second-order valence-corrected chi connectivity index (χ2v) is 7.89. The quantitative estimate of drug-likeness (QED) is 0.526. The molecule has 1 aromatic heterocycles. The Bertz CT molecular complexity index is 727. The number of morpholine rings is 1. The van der Waals surface area contributed by atoms with E-state index in [9.17, 15) is 0 Å². The molecular formula is C21H31N5OS. The summed E-state index contributed by atoms with van der Waals surface area (Å²) in [5.41, 5.74) is 2.45. The van der Waals surface area contributed by atoms with Crippen LogP contribution < -0.4 is 10.6 Å². The lowest BCUT2D eigenvalue weighted by Crippen LogP contribution is -2.42. The Labute approximate surface area is 172 Å². The molecule has 1 unspecified atom stereocenters. The fourth-order valence-corrected chi connectivity index (χ4v) is 3.99. The zero-order valence-electron chi connectivity index (χ0n) is 16.9. The van der Waals surface area contributed by atoms with Crippen molar-refractivity contribution in [1.82, 2.24) is 20.5 Å². The molecule has 3 rings (SSSR count). The molecule has 1 aliphatic heterocycles. The number of hydrogen-bond donors (Lipinski definition) is 2. The molecule has 0 amide bonds. The molecular weight excluding hydrogens is 370 g/mol. The van der Waals surface area contributed by atoms with Gasteiger partial charge in [0.25, 0.3) is 0 Å². The molecule has 1 fully saturated rings. The van der Waals surface area contributed by atoms with Gasteiger partial charge in [-0.1, -0.05) is 30.3 Å². The number of aryl methyl sites for hydroxylation is 1. The van der Waals surface area contributed by atoms with E-state index in [1.54, 1.807) is 11.3 Å². The summed E-state index contributed by atoms with van der Waals surface area (Å²) in [5.74, 6) is 0.864. The Morgan fingerprint density at radius 2 is 2.04 bits per heavy atom. The SMILES string of the molecule is CCNC(=NCC(c1ccccc1)N1CCOCC1)NCCc1csc(C)n1. The molecule has 2 heterocycles. The fourth-order valence-electron chi connectivity index (χ4n) is 3.35. The average Bonchev–Trinajstić information content (AvgIpc) is 3.15. The Hall–Kier alpha value is -1.96.